The van der Waals surface area contributed by atoms with E-state index in [1.54, 1.807) is 12.1 Å². The number of para-hydroxylation sites is 1. The molecule has 126 valence electrons. The van der Waals surface area contributed by atoms with Crippen LogP contribution in [0.2, 0.25) is 5.02 Å². The average Bonchev–Trinajstić information content (AvgIpc) is 2.61. The lowest BCUT2D eigenvalue weighted by Crippen LogP contribution is -2.39. The van der Waals surface area contributed by atoms with E-state index in [1.807, 2.05) is 42.5 Å². The number of hydrogen-bond donors (Lipinski definition) is 2. The number of ether oxygens (including phenoxy) is 1. The summed E-state index contributed by atoms with van der Waals surface area (Å²) in [5, 5.41) is 5.95. The van der Waals surface area contributed by atoms with Crippen LogP contribution >= 0.6 is 11.6 Å². The van der Waals surface area contributed by atoms with Gasteiger partial charge in [-0.3, -0.25) is 9.59 Å². The van der Waals surface area contributed by atoms with Gasteiger partial charge in [0.05, 0.1) is 6.54 Å². The molecule has 0 radical (unpaired) electrons. The topological polar surface area (TPSA) is 67.4 Å². The summed E-state index contributed by atoms with van der Waals surface area (Å²) in [7, 11) is 0. The van der Waals surface area contributed by atoms with Crippen molar-refractivity contribution in [2.45, 2.75) is 6.42 Å². The Morgan fingerprint density at radius 3 is 2.33 bits per heavy atom. The fraction of sp³-hybridized carbons (Fsp3) is 0.222. The molecule has 2 N–H and O–H groups in total. The van der Waals surface area contributed by atoms with E-state index in [4.69, 9.17) is 16.3 Å². The van der Waals surface area contributed by atoms with Crippen molar-refractivity contribution in [1.29, 1.82) is 0 Å². The summed E-state index contributed by atoms with van der Waals surface area (Å²) >= 11 is 5.81. The van der Waals surface area contributed by atoms with E-state index in [9.17, 15) is 9.59 Å². The molecule has 0 aliphatic carbocycles. The zero-order valence-corrected chi connectivity index (χ0v) is 13.9. The monoisotopic (exact) mass is 346 g/mol. The Balaban J connectivity index is 1.58. The average molecular weight is 347 g/mol. The number of rotatable bonds is 8. The second kappa shape index (κ2) is 9.57. The Bertz CT molecular complexity index is 660. The minimum Gasteiger partial charge on any atom is -0.484 e. The highest BCUT2D eigenvalue weighted by Gasteiger charge is 2.06. The third kappa shape index (κ3) is 6.71. The molecule has 0 aromatic heterocycles. The van der Waals surface area contributed by atoms with Crippen LogP contribution in [0.5, 0.6) is 5.75 Å². The lowest BCUT2D eigenvalue weighted by molar-refractivity contribution is -0.127. The number of carbonyl (C=O) groups excluding carboxylic acids is 2. The summed E-state index contributed by atoms with van der Waals surface area (Å²) in [6.45, 7) is 0.302. The summed E-state index contributed by atoms with van der Waals surface area (Å²) in [4.78, 5) is 23.3. The van der Waals surface area contributed by atoms with Crippen LogP contribution in [-0.4, -0.2) is 31.5 Å². The molecule has 0 aliphatic heterocycles. The van der Waals surface area contributed by atoms with Crippen LogP contribution in [0.4, 0.5) is 0 Å². The minimum atomic E-state index is -0.341. The molecule has 0 spiro atoms. The highest BCUT2D eigenvalue weighted by atomic mass is 35.5. The molecule has 2 aromatic rings. The highest BCUT2D eigenvalue weighted by molar-refractivity contribution is 6.30. The van der Waals surface area contributed by atoms with Crippen molar-refractivity contribution in [3.63, 3.8) is 0 Å². The molecule has 6 heteroatoms. The van der Waals surface area contributed by atoms with E-state index in [0.717, 1.165) is 5.56 Å². The van der Waals surface area contributed by atoms with E-state index >= 15 is 0 Å². The summed E-state index contributed by atoms with van der Waals surface area (Å²) in [5.74, 6) is 0.0313. The molecule has 0 saturated carbocycles. The molecule has 24 heavy (non-hydrogen) atoms. The zero-order valence-electron chi connectivity index (χ0n) is 13.1. The Morgan fingerprint density at radius 1 is 0.917 bits per heavy atom. The molecule has 5 nitrogen and oxygen atoms in total. The Kier molecular flexibility index (Phi) is 7.11. The first kappa shape index (κ1) is 17.8. The van der Waals surface area contributed by atoms with Crippen molar-refractivity contribution in [3.8, 4) is 5.75 Å². The smallest absolute Gasteiger partial charge is 0.258 e. The van der Waals surface area contributed by atoms with Gasteiger partial charge in [0.2, 0.25) is 5.91 Å². The number of nitrogens with one attached hydrogen (secondary N) is 2. The summed E-state index contributed by atoms with van der Waals surface area (Å²) in [5.41, 5.74) is 1.08. The number of benzene rings is 2. The first-order chi connectivity index (χ1) is 11.6. The predicted molar refractivity (Wildman–Crippen MR) is 93.1 cm³/mol. The van der Waals surface area contributed by atoms with Crippen molar-refractivity contribution < 1.29 is 14.3 Å². The van der Waals surface area contributed by atoms with Crippen molar-refractivity contribution in [1.82, 2.24) is 10.6 Å². The van der Waals surface area contributed by atoms with E-state index in [2.05, 4.69) is 10.6 Å². The Labute approximate surface area is 146 Å². The van der Waals surface area contributed by atoms with Crippen LogP contribution < -0.4 is 15.4 Å². The third-order valence-electron chi connectivity index (χ3n) is 3.21. The second-order valence-corrected chi connectivity index (χ2v) is 5.54. The number of hydrogen-bond acceptors (Lipinski definition) is 3. The van der Waals surface area contributed by atoms with Gasteiger partial charge in [0.1, 0.15) is 5.75 Å². The molecule has 0 unspecified atom stereocenters. The van der Waals surface area contributed by atoms with Gasteiger partial charge in [-0.1, -0.05) is 41.9 Å². The number of amides is 2. The van der Waals surface area contributed by atoms with Crippen LogP contribution in [0.15, 0.2) is 54.6 Å². The van der Waals surface area contributed by atoms with Crippen LogP contribution in [0.25, 0.3) is 0 Å². The van der Waals surface area contributed by atoms with Crippen LogP contribution in [0.3, 0.4) is 0 Å². The van der Waals surface area contributed by atoms with Crippen molar-refractivity contribution in [3.05, 3.63) is 65.2 Å². The highest BCUT2D eigenvalue weighted by Crippen LogP contribution is 2.09. The molecule has 2 amide bonds. The maximum absolute atomic E-state index is 11.7. The normalized spacial score (nSPS) is 10.0. The molecule has 0 saturated heterocycles. The first-order valence-electron chi connectivity index (χ1n) is 7.59. The lowest BCUT2D eigenvalue weighted by Gasteiger charge is -2.08. The molecule has 0 atom stereocenters. The van der Waals surface area contributed by atoms with Gasteiger partial charge in [-0.2, -0.15) is 0 Å². The molecule has 2 rings (SSSR count). The molecule has 0 aliphatic rings. The molecule has 0 bridgehead atoms. The Hall–Kier alpha value is -2.53. The van der Waals surface area contributed by atoms with Gasteiger partial charge in [-0.15, -0.1) is 0 Å². The standard InChI is InChI=1S/C18H19ClN2O3/c19-15-8-6-14(7-9-15)10-11-20-17(22)12-21-18(23)13-24-16-4-2-1-3-5-16/h1-9H,10-13H2,(H,20,22)(H,21,23). The fourth-order valence-electron chi connectivity index (χ4n) is 1.96. The summed E-state index contributed by atoms with van der Waals surface area (Å²) < 4.78 is 5.29. The van der Waals surface area contributed by atoms with E-state index in [0.29, 0.717) is 23.7 Å². The maximum Gasteiger partial charge on any atom is 0.258 e. The van der Waals surface area contributed by atoms with Crippen molar-refractivity contribution >= 4 is 23.4 Å². The SMILES string of the molecule is O=C(CNC(=O)COc1ccccc1)NCCc1ccc(Cl)cc1. The van der Waals surface area contributed by atoms with Crippen LogP contribution in [0.1, 0.15) is 5.56 Å². The van der Waals surface area contributed by atoms with E-state index in [-0.39, 0.29) is 25.0 Å². The molecular formula is C18H19ClN2O3. The lowest BCUT2D eigenvalue weighted by atomic mass is 10.1. The molecule has 0 fully saturated rings. The van der Waals surface area contributed by atoms with Gasteiger partial charge in [0, 0.05) is 11.6 Å². The number of carbonyl (C=O) groups is 2. The van der Waals surface area contributed by atoms with Crippen LogP contribution in [0, 0.1) is 0 Å². The fourth-order valence-corrected chi connectivity index (χ4v) is 2.08. The summed E-state index contributed by atoms with van der Waals surface area (Å²) in [6, 6.07) is 16.5. The summed E-state index contributed by atoms with van der Waals surface area (Å²) in [6.07, 6.45) is 0.702. The molecule has 0 heterocycles. The van der Waals surface area contributed by atoms with Crippen LogP contribution in [-0.2, 0) is 16.0 Å². The molecular weight excluding hydrogens is 328 g/mol. The van der Waals surface area contributed by atoms with Gasteiger partial charge >= 0.3 is 0 Å². The van der Waals surface area contributed by atoms with Gasteiger partial charge in [-0.25, -0.2) is 0 Å². The largest absolute Gasteiger partial charge is 0.484 e. The quantitative estimate of drug-likeness (QED) is 0.770. The third-order valence-corrected chi connectivity index (χ3v) is 3.46. The molecule has 2 aromatic carbocycles. The first-order valence-corrected chi connectivity index (χ1v) is 7.97. The van der Waals surface area contributed by atoms with Gasteiger partial charge in [-0.05, 0) is 36.2 Å². The Morgan fingerprint density at radius 2 is 1.62 bits per heavy atom. The predicted octanol–water partition coefficient (Wildman–Crippen LogP) is 2.19. The van der Waals surface area contributed by atoms with Gasteiger partial charge in [0.25, 0.3) is 5.91 Å². The maximum atomic E-state index is 11.7. The van der Waals surface area contributed by atoms with Crippen molar-refractivity contribution in [2.75, 3.05) is 19.7 Å². The van der Waals surface area contributed by atoms with Crippen molar-refractivity contribution in [2.24, 2.45) is 0 Å². The second-order valence-electron chi connectivity index (χ2n) is 5.10. The van der Waals surface area contributed by atoms with Gasteiger partial charge < -0.3 is 15.4 Å². The number of halogens is 1. The van der Waals surface area contributed by atoms with Gasteiger partial charge in [0.15, 0.2) is 6.61 Å². The minimum absolute atomic E-state index is 0.0718. The zero-order chi connectivity index (χ0) is 17.2. The van der Waals surface area contributed by atoms with E-state index < -0.39 is 0 Å². The van der Waals surface area contributed by atoms with E-state index in [1.165, 1.54) is 0 Å².